The van der Waals surface area contributed by atoms with Gasteiger partial charge in [-0.3, -0.25) is 14.5 Å². The van der Waals surface area contributed by atoms with Crippen LogP contribution in [-0.4, -0.2) is 39.3 Å². The number of nitrogens with zero attached hydrogens (tertiary/aromatic N) is 2. The maximum atomic E-state index is 12.5. The highest BCUT2D eigenvalue weighted by Crippen LogP contribution is 2.45. The molecule has 2 N–H and O–H groups in total. The number of hydrogen-bond acceptors (Lipinski definition) is 3. The van der Waals surface area contributed by atoms with Crippen LogP contribution in [-0.2, 0) is 4.79 Å². The summed E-state index contributed by atoms with van der Waals surface area (Å²) in [4.78, 5) is 27.0. The number of amides is 1. The number of primary amides is 1. The van der Waals surface area contributed by atoms with Crippen LogP contribution in [0.1, 0.15) is 99.9 Å². The lowest BCUT2D eigenvalue weighted by atomic mass is 9.90. The molecule has 2 aromatic rings. The summed E-state index contributed by atoms with van der Waals surface area (Å²) in [6, 6.07) is 10.4. The Bertz CT molecular complexity index is 956. The van der Waals surface area contributed by atoms with E-state index in [2.05, 4.69) is 15.5 Å². The normalized spacial score (nSPS) is 28.1. The Labute approximate surface area is 191 Å². The minimum Gasteiger partial charge on any atom is -0.363 e. The lowest BCUT2D eigenvalue weighted by molar-refractivity contribution is -0.114. The third-order valence-corrected chi connectivity index (χ3v) is 8.36. The molecule has 2 bridgehead atoms. The van der Waals surface area contributed by atoms with E-state index < -0.39 is 11.7 Å². The summed E-state index contributed by atoms with van der Waals surface area (Å²) < 4.78 is 2.28. The van der Waals surface area contributed by atoms with Crippen molar-refractivity contribution < 1.29 is 9.59 Å². The molecule has 32 heavy (non-hydrogen) atoms. The van der Waals surface area contributed by atoms with Gasteiger partial charge in [0.25, 0.3) is 11.7 Å². The summed E-state index contributed by atoms with van der Waals surface area (Å²) in [5.41, 5.74) is 6.85. The Balaban J connectivity index is 1.38. The van der Waals surface area contributed by atoms with Crippen molar-refractivity contribution in [3.05, 3.63) is 36.0 Å². The second-order valence-electron chi connectivity index (χ2n) is 10.3. The zero-order valence-electron chi connectivity index (χ0n) is 19.2. The van der Waals surface area contributed by atoms with Gasteiger partial charge in [0.1, 0.15) is 0 Å². The van der Waals surface area contributed by atoms with Gasteiger partial charge in [-0.25, -0.2) is 0 Å². The molecule has 1 amide bonds. The fraction of sp³-hybridized carbons (Fsp3) is 0.630. The third-order valence-electron chi connectivity index (χ3n) is 8.36. The van der Waals surface area contributed by atoms with E-state index in [-0.39, 0.29) is 0 Å². The van der Waals surface area contributed by atoms with Crippen LogP contribution < -0.4 is 5.73 Å². The molecule has 1 aromatic heterocycles. The number of rotatable bonds is 4. The van der Waals surface area contributed by atoms with Crippen molar-refractivity contribution >= 4 is 22.6 Å². The molecule has 172 valence electrons. The second-order valence-corrected chi connectivity index (χ2v) is 10.3. The minimum atomic E-state index is -0.876. The molecule has 2 unspecified atom stereocenters. The first-order valence-corrected chi connectivity index (χ1v) is 12.8. The molecule has 3 aliphatic rings. The third kappa shape index (κ3) is 4.12. The van der Waals surface area contributed by atoms with Gasteiger partial charge in [0, 0.05) is 41.3 Å². The average molecular weight is 436 g/mol. The van der Waals surface area contributed by atoms with Gasteiger partial charge < -0.3 is 10.3 Å². The maximum absolute atomic E-state index is 12.5. The molecule has 0 radical (unpaired) electrons. The zero-order chi connectivity index (χ0) is 22.1. The summed E-state index contributed by atoms with van der Waals surface area (Å²) in [6.45, 7) is 0. The summed E-state index contributed by atoms with van der Waals surface area (Å²) in [5.74, 6) is -1.46. The van der Waals surface area contributed by atoms with Gasteiger partial charge >= 0.3 is 0 Å². The predicted molar refractivity (Wildman–Crippen MR) is 128 cm³/mol. The highest BCUT2D eigenvalue weighted by atomic mass is 16.2. The lowest BCUT2D eigenvalue weighted by Gasteiger charge is -2.44. The van der Waals surface area contributed by atoms with Crippen LogP contribution in [0.5, 0.6) is 0 Å². The molecule has 2 aliphatic heterocycles. The van der Waals surface area contributed by atoms with Crippen molar-refractivity contribution in [2.45, 2.75) is 108 Å². The number of benzene rings is 1. The van der Waals surface area contributed by atoms with Crippen molar-refractivity contribution in [1.82, 2.24) is 9.47 Å². The quantitative estimate of drug-likeness (QED) is 0.518. The fourth-order valence-electron chi connectivity index (χ4n) is 6.91. The Morgan fingerprint density at radius 2 is 1.34 bits per heavy atom. The molecule has 0 spiro atoms. The molecule has 5 rings (SSSR count). The number of Topliss-reactive ketones (excluding diaryl/α,β-unsaturated/α-hetero) is 1. The predicted octanol–water partition coefficient (Wildman–Crippen LogP) is 5.37. The molecule has 2 atom stereocenters. The first kappa shape index (κ1) is 21.7. The first-order chi connectivity index (χ1) is 15.6. The van der Waals surface area contributed by atoms with Crippen molar-refractivity contribution in [1.29, 1.82) is 0 Å². The van der Waals surface area contributed by atoms with E-state index in [9.17, 15) is 9.59 Å². The molecule has 2 saturated heterocycles. The van der Waals surface area contributed by atoms with Gasteiger partial charge in [-0.15, -0.1) is 0 Å². The van der Waals surface area contributed by atoms with E-state index >= 15 is 0 Å². The van der Waals surface area contributed by atoms with E-state index in [1.54, 1.807) is 0 Å². The van der Waals surface area contributed by atoms with Gasteiger partial charge in [-0.2, -0.15) is 0 Å². The van der Waals surface area contributed by atoms with Crippen LogP contribution in [0.4, 0.5) is 0 Å². The second kappa shape index (κ2) is 9.38. The molecule has 1 aliphatic carbocycles. The molecular weight excluding hydrogens is 398 g/mol. The zero-order valence-corrected chi connectivity index (χ0v) is 19.2. The van der Waals surface area contributed by atoms with Crippen LogP contribution in [0.15, 0.2) is 30.5 Å². The molecule has 1 aromatic carbocycles. The van der Waals surface area contributed by atoms with E-state index in [4.69, 9.17) is 5.73 Å². The molecule has 5 nitrogen and oxygen atoms in total. The van der Waals surface area contributed by atoms with Crippen molar-refractivity contribution in [2.24, 2.45) is 5.73 Å². The Morgan fingerprint density at radius 1 is 0.750 bits per heavy atom. The number of carbonyl (C=O) groups is 2. The minimum absolute atomic E-state index is 0.377. The largest absolute Gasteiger partial charge is 0.363 e. The van der Waals surface area contributed by atoms with E-state index in [1.165, 1.54) is 70.6 Å². The van der Waals surface area contributed by atoms with Crippen LogP contribution in [0, 0.1) is 0 Å². The fourth-order valence-corrected chi connectivity index (χ4v) is 6.91. The maximum Gasteiger partial charge on any atom is 0.289 e. The highest BCUT2D eigenvalue weighted by Gasteiger charge is 2.44. The van der Waals surface area contributed by atoms with Crippen LogP contribution >= 0.6 is 0 Å². The number of piperidine rings is 1. The Kier molecular flexibility index (Phi) is 6.36. The van der Waals surface area contributed by atoms with Crippen LogP contribution in [0.2, 0.25) is 0 Å². The van der Waals surface area contributed by atoms with Gasteiger partial charge in [-0.1, -0.05) is 63.1 Å². The molecular formula is C27H37N3O2. The van der Waals surface area contributed by atoms with Gasteiger partial charge in [-0.05, 0) is 44.6 Å². The summed E-state index contributed by atoms with van der Waals surface area (Å²) in [7, 11) is 0. The highest BCUT2D eigenvalue weighted by molar-refractivity contribution is 6.44. The van der Waals surface area contributed by atoms with Crippen LogP contribution in [0.25, 0.3) is 10.9 Å². The van der Waals surface area contributed by atoms with E-state index in [0.717, 1.165) is 29.8 Å². The monoisotopic (exact) mass is 435 g/mol. The topological polar surface area (TPSA) is 68.3 Å². The number of hydrogen-bond donors (Lipinski definition) is 1. The molecule has 1 saturated carbocycles. The van der Waals surface area contributed by atoms with E-state index in [1.807, 2.05) is 24.4 Å². The number of aromatic nitrogens is 1. The number of carbonyl (C=O) groups excluding carboxylic acids is 2. The van der Waals surface area contributed by atoms with Gasteiger partial charge in [0.15, 0.2) is 0 Å². The Morgan fingerprint density at radius 3 is 1.97 bits per heavy atom. The van der Waals surface area contributed by atoms with E-state index in [0.29, 0.717) is 23.7 Å². The standard InChI is InChI=1S/C27H37N3O2/c28-27(32)26(31)24-18-29(25-13-9-8-12-23(24)25)22-16-20-14-15-21(17-22)30(20)19-10-6-4-2-1-3-5-7-11-19/h8-9,12-13,18-22H,1-7,10-11,14-17H2,(H2,28,32). The summed E-state index contributed by atoms with van der Waals surface area (Å²) in [5, 5.41) is 0.846. The first-order valence-electron chi connectivity index (χ1n) is 12.8. The average Bonchev–Trinajstić information content (AvgIpc) is 3.31. The Hall–Kier alpha value is -2.14. The molecule has 3 heterocycles. The number of fused-ring (bicyclic) bond motifs is 3. The van der Waals surface area contributed by atoms with Crippen molar-refractivity contribution in [3.63, 3.8) is 0 Å². The van der Waals surface area contributed by atoms with Crippen LogP contribution in [0.3, 0.4) is 0 Å². The number of para-hydroxylation sites is 1. The SMILES string of the molecule is NC(=O)C(=O)c1cn(C2CC3CCC(C2)N3C2CCCCCCCCC2)c2ccccc12. The summed E-state index contributed by atoms with van der Waals surface area (Å²) in [6.07, 6.45) is 19.3. The van der Waals surface area contributed by atoms with Crippen molar-refractivity contribution in [2.75, 3.05) is 0 Å². The van der Waals surface area contributed by atoms with Gasteiger partial charge in [0.05, 0.1) is 5.56 Å². The number of ketones is 1. The number of nitrogens with two attached hydrogens (primary N) is 1. The lowest BCUT2D eigenvalue weighted by Crippen LogP contribution is -2.49. The van der Waals surface area contributed by atoms with Gasteiger partial charge in [0.2, 0.25) is 0 Å². The molecule has 3 fully saturated rings. The van der Waals surface area contributed by atoms with Crippen molar-refractivity contribution in [3.8, 4) is 0 Å². The smallest absolute Gasteiger partial charge is 0.289 e. The molecule has 5 heteroatoms. The summed E-state index contributed by atoms with van der Waals surface area (Å²) >= 11 is 0.